The summed E-state index contributed by atoms with van der Waals surface area (Å²) in [6.45, 7) is 4.04. The number of methoxy groups -OCH3 is 1. The molecule has 0 radical (unpaired) electrons. The predicted molar refractivity (Wildman–Crippen MR) is 82.1 cm³/mol. The molecule has 1 unspecified atom stereocenters. The minimum atomic E-state index is -0.725. The molecule has 1 aromatic carbocycles. The van der Waals surface area contributed by atoms with E-state index in [1.54, 1.807) is 30.3 Å². The van der Waals surface area contributed by atoms with Crippen molar-refractivity contribution in [2.24, 2.45) is 5.73 Å². The summed E-state index contributed by atoms with van der Waals surface area (Å²) in [5.41, 5.74) is 6.80. The monoisotopic (exact) mass is 292 g/mol. The quantitative estimate of drug-likeness (QED) is 0.560. The Bertz CT molecular complexity index is 487. The molecule has 0 aliphatic carbocycles. The number of ether oxygens (including phenoxy) is 1. The molecular weight excluding hydrogens is 272 g/mol. The van der Waals surface area contributed by atoms with Crippen molar-refractivity contribution in [3.63, 3.8) is 0 Å². The van der Waals surface area contributed by atoms with Gasteiger partial charge in [0.1, 0.15) is 6.04 Å². The average molecular weight is 292 g/mol. The zero-order valence-electron chi connectivity index (χ0n) is 11.9. The first-order chi connectivity index (χ1) is 10.1. The minimum Gasteiger partial charge on any atom is -0.383 e. The Labute approximate surface area is 123 Å². The molecule has 0 aromatic heterocycles. The van der Waals surface area contributed by atoms with E-state index in [1.807, 2.05) is 0 Å². The maximum atomic E-state index is 11.7. The summed E-state index contributed by atoms with van der Waals surface area (Å²) in [5, 5.41) is 7.89. The van der Waals surface area contributed by atoms with Crippen molar-refractivity contribution in [2.75, 3.05) is 30.9 Å². The van der Waals surface area contributed by atoms with Crippen molar-refractivity contribution < 1.29 is 14.3 Å². The van der Waals surface area contributed by atoms with Crippen LogP contribution in [-0.2, 0) is 9.53 Å². The lowest BCUT2D eigenvalue weighted by Crippen LogP contribution is -2.39. The zero-order chi connectivity index (χ0) is 15.7. The van der Waals surface area contributed by atoms with Crippen LogP contribution in [0.5, 0.6) is 0 Å². The van der Waals surface area contributed by atoms with Crippen LogP contribution < -0.4 is 21.7 Å². The Kier molecular flexibility index (Phi) is 6.93. The van der Waals surface area contributed by atoms with E-state index >= 15 is 0 Å². The molecule has 114 valence electrons. The van der Waals surface area contributed by atoms with Gasteiger partial charge in [-0.1, -0.05) is 6.08 Å². The van der Waals surface area contributed by atoms with Crippen LogP contribution in [0.25, 0.3) is 0 Å². The smallest absolute Gasteiger partial charge is 0.319 e. The predicted octanol–water partition coefficient (Wildman–Crippen LogP) is 0.906. The Morgan fingerprint density at radius 1 is 1.29 bits per heavy atom. The highest BCUT2D eigenvalue weighted by Gasteiger charge is 2.12. The summed E-state index contributed by atoms with van der Waals surface area (Å²) < 4.78 is 4.81. The van der Waals surface area contributed by atoms with Gasteiger partial charge in [-0.2, -0.15) is 0 Å². The van der Waals surface area contributed by atoms with Crippen molar-refractivity contribution in [2.45, 2.75) is 6.04 Å². The largest absolute Gasteiger partial charge is 0.383 e. The summed E-state index contributed by atoms with van der Waals surface area (Å²) in [6, 6.07) is 5.63. The molecule has 1 rings (SSSR count). The van der Waals surface area contributed by atoms with Crippen LogP contribution in [0.3, 0.4) is 0 Å². The molecule has 0 aliphatic heterocycles. The van der Waals surface area contributed by atoms with Gasteiger partial charge < -0.3 is 26.4 Å². The molecule has 7 heteroatoms. The van der Waals surface area contributed by atoms with Gasteiger partial charge in [-0.3, -0.25) is 4.79 Å². The number of anilines is 2. The molecule has 0 saturated carbocycles. The Morgan fingerprint density at radius 3 is 2.38 bits per heavy atom. The van der Waals surface area contributed by atoms with E-state index in [9.17, 15) is 9.59 Å². The van der Waals surface area contributed by atoms with Gasteiger partial charge in [0.15, 0.2) is 0 Å². The van der Waals surface area contributed by atoms with E-state index in [0.29, 0.717) is 17.9 Å². The van der Waals surface area contributed by atoms with E-state index in [4.69, 9.17) is 10.5 Å². The van der Waals surface area contributed by atoms with E-state index in [0.717, 1.165) is 0 Å². The first kappa shape index (κ1) is 16.7. The molecule has 1 aromatic rings. The molecule has 5 N–H and O–H groups in total. The van der Waals surface area contributed by atoms with E-state index in [-0.39, 0.29) is 18.5 Å². The molecule has 7 nitrogen and oxygen atoms in total. The zero-order valence-corrected chi connectivity index (χ0v) is 11.9. The number of hydrogen-bond donors (Lipinski definition) is 4. The second-order valence-electron chi connectivity index (χ2n) is 4.25. The second-order valence-corrected chi connectivity index (χ2v) is 4.25. The first-order valence-corrected chi connectivity index (χ1v) is 6.38. The molecule has 0 saturated heterocycles. The van der Waals surface area contributed by atoms with Crippen molar-refractivity contribution >= 4 is 23.3 Å². The third kappa shape index (κ3) is 6.07. The average Bonchev–Trinajstić information content (AvgIpc) is 2.47. The van der Waals surface area contributed by atoms with Crippen molar-refractivity contribution in [1.82, 2.24) is 5.32 Å². The van der Waals surface area contributed by atoms with Crippen LogP contribution in [0.2, 0.25) is 0 Å². The highest BCUT2D eigenvalue weighted by molar-refractivity contribution is 5.95. The number of amides is 3. The Hall–Kier alpha value is -2.38. The molecule has 21 heavy (non-hydrogen) atoms. The van der Waals surface area contributed by atoms with E-state index < -0.39 is 6.04 Å². The number of hydrogen-bond acceptors (Lipinski definition) is 4. The topological polar surface area (TPSA) is 105 Å². The number of carbonyl (C=O) groups excluding carboxylic acids is 2. The third-order valence-electron chi connectivity index (χ3n) is 2.50. The van der Waals surface area contributed by atoms with Gasteiger partial charge in [-0.05, 0) is 24.3 Å². The van der Waals surface area contributed by atoms with Crippen LogP contribution in [0.15, 0.2) is 36.9 Å². The second kappa shape index (κ2) is 8.72. The van der Waals surface area contributed by atoms with Gasteiger partial charge in [-0.15, -0.1) is 6.58 Å². The highest BCUT2D eigenvalue weighted by Crippen LogP contribution is 2.13. The standard InChI is InChI=1S/C14H20N4O3/c1-3-8-16-14(20)18-11-6-4-10(5-7-11)17-13(19)12(15)9-21-2/h3-7,12H,1,8-9,15H2,2H3,(H,17,19)(H2,16,18,20). The van der Waals surface area contributed by atoms with Gasteiger partial charge >= 0.3 is 6.03 Å². The molecule has 1 atom stereocenters. The number of benzene rings is 1. The Balaban J connectivity index is 2.52. The highest BCUT2D eigenvalue weighted by atomic mass is 16.5. The molecule has 0 fully saturated rings. The lowest BCUT2D eigenvalue weighted by molar-refractivity contribution is -0.118. The molecule has 3 amide bonds. The van der Waals surface area contributed by atoms with Crippen molar-refractivity contribution in [3.8, 4) is 0 Å². The summed E-state index contributed by atoms with van der Waals surface area (Å²) in [5.74, 6) is -0.332. The maximum absolute atomic E-state index is 11.7. The summed E-state index contributed by atoms with van der Waals surface area (Å²) in [4.78, 5) is 23.1. The van der Waals surface area contributed by atoms with Gasteiger partial charge in [-0.25, -0.2) is 4.79 Å². The molecule has 0 heterocycles. The van der Waals surface area contributed by atoms with Crippen LogP contribution >= 0.6 is 0 Å². The molecular formula is C14H20N4O3. The number of nitrogens with one attached hydrogen (secondary N) is 3. The number of urea groups is 1. The fourth-order valence-corrected chi connectivity index (χ4v) is 1.47. The van der Waals surface area contributed by atoms with Crippen molar-refractivity contribution in [3.05, 3.63) is 36.9 Å². The van der Waals surface area contributed by atoms with Gasteiger partial charge in [0.05, 0.1) is 6.61 Å². The molecule has 0 spiro atoms. The Morgan fingerprint density at radius 2 is 1.86 bits per heavy atom. The summed E-state index contributed by atoms with van der Waals surface area (Å²) >= 11 is 0. The third-order valence-corrected chi connectivity index (χ3v) is 2.50. The van der Waals surface area contributed by atoms with Crippen LogP contribution in [-0.4, -0.2) is 38.2 Å². The number of rotatable bonds is 7. The maximum Gasteiger partial charge on any atom is 0.319 e. The number of carbonyl (C=O) groups is 2. The number of nitrogens with two attached hydrogens (primary N) is 1. The fraction of sp³-hybridized carbons (Fsp3) is 0.286. The van der Waals surface area contributed by atoms with Crippen LogP contribution in [0, 0.1) is 0 Å². The SMILES string of the molecule is C=CCNC(=O)Nc1ccc(NC(=O)C(N)COC)cc1. The molecule has 0 aliphatic rings. The lowest BCUT2D eigenvalue weighted by atomic mass is 10.2. The van der Waals surface area contributed by atoms with E-state index in [1.165, 1.54) is 7.11 Å². The summed E-state index contributed by atoms with van der Waals surface area (Å²) in [6.07, 6.45) is 1.58. The molecule has 0 bridgehead atoms. The first-order valence-electron chi connectivity index (χ1n) is 6.38. The fourth-order valence-electron chi connectivity index (χ4n) is 1.47. The van der Waals surface area contributed by atoms with Gasteiger partial charge in [0.25, 0.3) is 0 Å². The van der Waals surface area contributed by atoms with Crippen LogP contribution in [0.1, 0.15) is 0 Å². The van der Waals surface area contributed by atoms with Gasteiger partial charge in [0.2, 0.25) is 5.91 Å². The van der Waals surface area contributed by atoms with Crippen molar-refractivity contribution in [1.29, 1.82) is 0 Å². The van der Waals surface area contributed by atoms with Crippen LogP contribution in [0.4, 0.5) is 16.2 Å². The summed E-state index contributed by atoms with van der Waals surface area (Å²) in [7, 11) is 1.48. The normalized spacial score (nSPS) is 11.3. The minimum absolute atomic E-state index is 0.148. The van der Waals surface area contributed by atoms with Gasteiger partial charge in [0, 0.05) is 25.0 Å². The lowest BCUT2D eigenvalue weighted by Gasteiger charge is -2.12. The van der Waals surface area contributed by atoms with E-state index in [2.05, 4.69) is 22.5 Å².